The molecular weight excluding hydrogens is 356 g/mol. The lowest BCUT2D eigenvalue weighted by atomic mass is 10.0. The van der Waals surface area contributed by atoms with E-state index in [4.69, 9.17) is 14.2 Å². The van der Waals surface area contributed by atoms with Crippen LogP contribution < -0.4 is 25.0 Å². The number of aliphatic imine (C=N–C) groups is 1. The van der Waals surface area contributed by atoms with E-state index in [1.54, 1.807) is 14.2 Å². The Kier molecular flexibility index (Phi) is 7.65. The number of ether oxygens (including phenoxy) is 3. The van der Waals surface area contributed by atoms with E-state index in [0.29, 0.717) is 6.04 Å². The first-order valence-corrected chi connectivity index (χ1v) is 10.2. The van der Waals surface area contributed by atoms with Crippen molar-refractivity contribution in [3.8, 4) is 11.5 Å². The van der Waals surface area contributed by atoms with E-state index in [1.165, 1.54) is 12.8 Å². The van der Waals surface area contributed by atoms with Crippen LogP contribution in [0.25, 0.3) is 0 Å². The van der Waals surface area contributed by atoms with E-state index in [9.17, 15) is 0 Å². The zero-order valence-electron chi connectivity index (χ0n) is 17.4. The molecule has 2 aliphatic rings. The summed E-state index contributed by atoms with van der Waals surface area (Å²) in [6.07, 6.45) is 4.77. The minimum absolute atomic E-state index is 0.419. The second kappa shape index (κ2) is 10.4. The number of guanidine groups is 1. The zero-order chi connectivity index (χ0) is 19.8. The Labute approximate surface area is 168 Å². The van der Waals surface area contributed by atoms with Gasteiger partial charge in [0.2, 0.25) is 0 Å². The molecule has 0 amide bonds. The molecule has 0 unspecified atom stereocenters. The summed E-state index contributed by atoms with van der Waals surface area (Å²) in [6, 6.07) is 6.46. The molecule has 0 radical (unpaired) electrons. The van der Waals surface area contributed by atoms with Gasteiger partial charge in [0.25, 0.3) is 0 Å². The maximum absolute atomic E-state index is 5.67. The van der Waals surface area contributed by atoms with Crippen LogP contribution >= 0.6 is 0 Å². The maximum Gasteiger partial charge on any atom is 0.191 e. The number of rotatable bonds is 9. The van der Waals surface area contributed by atoms with Crippen LogP contribution in [-0.4, -0.2) is 66.1 Å². The standard InChI is InChI=1S/C21H34N4O3/c1-22-21(23-8-11-28-15-16-4-5-16)24-17-6-9-25(10-7-17)18-12-19(26-2)14-20(13-18)27-3/h12-14,16-17H,4-11,15H2,1-3H3,(H2,22,23,24). The third-order valence-electron chi connectivity index (χ3n) is 5.35. The summed E-state index contributed by atoms with van der Waals surface area (Å²) >= 11 is 0. The van der Waals surface area contributed by atoms with Gasteiger partial charge in [-0.2, -0.15) is 0 Å². The van der Waals surface area contributed by atoms with Crippen molar-refractivity contribution >= 4 is 11.6 Å². The predicted molar refractivity (Wildman–Crippen MR) is 113 cm³/mol. The molecule has 1 aliphatic heterocycles. The van der Waals surface area contributed by atoms with E-state index in [1.807, 2.05) is 13.1 Å². The number of piperidine rings is 1. The molecule has 1 heterocycles. The van der Waals surface area contributed by atoms with Gasteiger partial charge in [0.1, 0.15) is 11.5 Å². The summed E-state index contributed by atoms with van der Waals surface area (Å²) in [6.45, 7) is 4.38. The summed E-state index contributed by atoms with van der Waals surface area (Å²) < 4.78 is 16.5. The van der Waals surface area contributed by atoms with E-state index in [0.717, 1.165) is 74.8 Å². The highest BCUT2D eigenvalue weighted by molar-refractivity contribution is 5.80. The molecule has 0 bridgehead atoms. The van der Waals surface area contributed by atoms with Crippen LogP contribution in [0, 0.1) is 5.92 Å². The lowest BCUT2D eigenvalue weighted by molar-refractivity contribution is 0.129. The maximum atomic E-state index is 5.67. The first-order valence-electron chi connectivity index (χ1n) is 10.2. The van der Waals surface area contributed by atoms with Gasteiger partial charge in [-0.1, -0.05) is 0 Å². The zero-order valence-corrected chi connectivity index (χ0v) is 17.4. The molecule has 0 spiro atoms. The summed E-state index contributed by atoms with van der Waals surface area (Å²) in [5.41, 5.74) is 1.14. The van der Waals surface area contributed by atoms with Gasteiger partial charge in [-0.3, -0.25) is 4.99 Å². The molecule has 2 fully saturated rings. The monoisotopic (exact) mass is 390 g/mol. The van der Waals surface area contributed by atoms with Crippen molar-refractivity contribution in [3.05, 3.63) is 18.2 Å². The fourth-order valence-corrected chi connectivity index (χ4v) is 3.42. The second-order valence-electron chi connectivity index (χ2n) is 7.49. The van der Waals surface area contributed by atoms with Crippen LogP contribution in [0.5, 0.6) is 11.5 Å². The van der Waals surface area contributed by atoms with E-state index >= 15 is 0 Å². The molecule has 1 saturated carbocycles. The minimum Gasteiger partial charge on any atom is -0.497 e. The van der Waals surface area contributed by atoms with Gasteiger partial charge in [0.05, 0.1) is 20.8 Å². The number of anilines is 1. The molecule has 7 heteroatoms. The van der Waals surface area contributed by atoms with Crippen molar-refractivity contribution in [1.29, 1.82) is 0 Å². The predicted octanol–water partition coefficient (Wildman–Crippen LogP) is 2.26. The summed E-state index contributed by atoms with van der Waals surface area (Å²) in [7, 11) is 5.19. The molecule has 1 aromatic rings. The number of hydrogen-bond donors (Lipinski definition) is 2. The highest BCUT2D eigenvalue weighted by Crippen LogP contribution is 2.30. The Bertz CT molecular complexity index is 618. The average Bonchev–Trinajstić information content (AvgIpc) is 3.57. The Hall–Kier alpha value is -2.15. The fraction of sp³-hybridized carbons (Fsp3) is 0.667. The highest BCUT2D eigenvalue weighted by Gasteiger charge is 2.22. The van der Waals surface area contributed by atoms with Crippen molar-refractivity contribution in [2.24, 2.45) is 10.9 Å². The van der Waals surface area contributed by atoms with Crippen molar-refractivity contribution in [3.63, 3.8) is 0 Å². The summed E-state index contributed by atoms with van der Waals surface area (Å²) in [4.78, 5) is 6.72. The third kappa shape index (κ3) is 6.19. The van der Waals surface area contributed by atoms with Crippen molar-refractivity contribution < 1.29 is 14.2 Å². The lowest BCUT2D eigenvalue weighted by Crippen LogP contribution is -2.49. The molecule has 3 rings (SSSR count). The first-order chi connectivity index (χ1) is 13.7. The third-order valence-corrected chi connectivity index (χ3v) is 5.35. The molecule has 0 atom stereocenters. The number of benzene rings is 1. The van der Waals surface area contributed by atoms with E-state index in [-0.39, 0.29) is 0 Å². The van der Waals surface area contributed by atoms with Gasteiger partial charge in [0, 0.05) is 63.2 Å². The fourth-order valence-electron chi connectivity index (χ4n) is 3.42. The number of hydrogen-bond acceptors (Lipinski definition) is 5. The number of nitrogens with one attached hydrogen (secondary N) is 2. The van der Waals surface area contributed by atoms with Crippen LogP contribution in [-0.2, 0) is 4.74 Å². The van der Waals surface area contributed by atoms with Gasteiger partial charge in [-0.25, -0.2) is 0 Å². The minimum atomic E-state index is 0.419. The second-order valence-corrected chi connectivity index (χ2v) is 7.49. The van der Waals surface area contributed by atoms with Gasteiger partial charge >= 0.3 is 0 Å². The van der Waals surface area contributed by atoms with Gasteiger partial charge in [-0.15, -0.1) is 0 Å². The normalized spacial score (nSPS) is 18.1. The first kappa shape index (κ1) is 20.6. The largest absolute Gasteiger partial charge is 0.497 e. The molecule has 1 saturated heterocycles. The molecule has 0 aromatic heterocycles. The SMILES string of the molecule is CN=C(NCCOCC1CC1)NC1CCN(c2cc(OC)cc(OC)c2)CC1. The molecular formula is C21H34N4O3. The Morgan fingerprint density at radius 2 is 1.75 bits per heavy atom. The number of nitrogens with zero attached hydrogens (tertiary/aromatic N) is 2. The lowest BCUT2D eigenvalue weighted by Gasteiger charge is -2.34. The smallest absolute Gasteiger partial charge is 0.191 e. The molecule has 28 heavy (non-hydrogen) atoms. The van der Waals surface area contributed by atoms with Crippen LogP contribution in [0.2, 0.25) is 0 Å². The van der Waals surface area contributed by atoms with Crippen molar-refractivity contribution in [2.75, 3.05) is 59.0 Å². The Balaban J connectivity index is 1.41. The molecule has 1 aliphatic carbocycles. The van der Waals surface area contributed by atoms with Gasteiger partial charge in [0.15, 0.2) is 5.96 Å². The molecule has 7 nitrogen and oxygen atoms in total. The molecule has 1 aromatic carbocycles. The molecule has 2 N–H and O–H groups in total. The van der Waals surface area contributed by atoms with Crippen LogP contribution in [0.3, 0.4) is 0 Å². The summed E-state index contributed by atoms with van der Waals surface area (Å²) in [5, 5.41) is 6.89. The van der Waals surface area contributed by atoms with Gasteiger partial charge in [-0.05, 0) is 31.6 Å². The Morgan fingerprint density at radius 1 is 1.07 bits per heavy atom. The van der Waals surface area contributed by atoms with Crippen molar-refractivity contribution in [2.45, 2.75) is 31.7 Å². The van der Waals surface area contributed by atoms with Crippen LogP contribution in [0.15, 0.2) is 23.2 Å². The van der Waals surface area contributed by atoms with Gasteiger partial charge < -0.3 is 29.7 Å². The van der Waals surface area contributed by atoms with E-state index < -0.39 is 0 Å². The average molecular weight is 391 g/mol. The molecule has 156 valence electrons. The van der Waals surface area contributed by atoms with Crippen LogP contribution in [0.4, 0.5) is 5.69 Å². The van der Waals surface area contributed by atoms with Crippen molar-refractivity contribution in [1.82, 2.24) is 10.6 Å². The summed E-state index contributed by atoms with van der Waals surface area (Å²) in [5.74, 6) is 3.31. The van der Waals surface area contributed by atoms with Crippen LogP contribution in [0.1, 0.15) is 25.7 Å². The quantitative estimate of drug-likeness (QED) is 0.383. The number of methoxy groups -OCH3 is 2. The topological polar surface area (TPSA) is 67.4 Å². The Morgan fingerprint density at radius 3 is 2.32 bits per heavy atom. The van der Waals surface area contributed by atoms with E-state index in [2.05, 4.69) is 32.7 Å². The highest BCUT2D eigenvalue weighted by atomic mass is 16.5.